The molecule has 14 heavy (non-hydrogen) atoms. The molecule has 0 aliphatic rings. The number of aromatic amines is 1. The highest BCUT2D eigenvalue weighted by molar-refractivity contribution is 6.29. The molecule has 2 aromatic heterocycles. The van der Waals surface area contributed by atoms with Crippen LogP contribution in [0, 0.1) is 0 Å². The molecule has 0 radical (unpaired) electrons. The van der Waals surface area contributed by atoms with E-state index in [1.165, 1.54) is 0 Å². The second-order valence-corrected chi connectivity index (χ2v) is 2.92. The van der Waals surface area contributed by atoms with Crippen molar-refractivity contribution in [1.29, 1.82) is 0 Å². The van der Waals surface area contributed by atoms with Crippen LogP contribution < -0.4 is 5.32 Å². The van der Waals surface area contributed by atoms with Crippen LogP contribution in [-0.4, -0.2) is 27.0 Å². The Hall–Kier alpha value is -1.62. The number of carbonyl (C=O) groups is 1. The number of aromatic nitrogens is 3. The smallest absolute Gasteiger partial charge is 0.240 e. The van der Waals surface area contributed by atoms with Crippen molar-refractivity contribution >= 4 is 34.4 Å². The van der Waals surface area contributed by atoms with Crippen molar-refractivity contribution in [2.24, 2.45) is 0 Å². The van der Waals surface area contributed by atoms with Crippen molar-refractivity contribution in [3.05, 3.63) is 18.3 Å². The quantitative estimate of drug-likeness (QED) is 0.731. The lowest BCUT2D eigenvalue weighted by atomic mass is 10.3. The SMILES string of the molecule is O=C(CCl)Nc1[nH]nc2ncccc12. The Morgan fingerprint density at radius 1 is 1.64 bits per heavy atom. The molecule has 2 aromatic rings. The second kappa shape index (κ2) is 3.63. The maximum atomic E-state index is 11.0. The fourth-order valence-corrected chi connectivity index (χ4v) is 1.19. The average Bonchev–Trinajstić information content (AvgIpc) is 2.62. The monoisotopic (exact) mass is 210 g/mol. The summed E-state index contributed by atoms with van der Waals surface area (Å²) in [6.45, 7) is 0. The van der Waals surface area contributed by atoms with Gasteiger partial charge < -0.3 is 5.32 Å². The van der Waals surface area contributed by atoms with Gasteiger partial charge in [-0.1, -0.05) is 0 Å². The molecule has 2 heterocycles. The summed E-state index contributed by atoms with van der Waals surface area (Å²) in [4.78, 5) is 15.0. The van der Waals surface area contributed by atoms with Crippen molar-refractivity contribution in [3.63, 3.8) is 0 Å². The van der Waals surface area contributed by atoms with Gasteiger partial charge in [-0.05, 0) is 12.1 Å². The van der Waals surface area contributed by atoms with Crippen LogP contribution in [0.15, 0.2) is 18.3 Å². The van der Waals surface area contributed by atoms with Crippen molar-refractivity contribution in [2.45, 2.75) is 0 Å². The molecule has 0 aromatic carbocycles. The number of pyridine rings is 1. The highest BCUT2D eigenvalue weighted by Crippen LogP contribution is 2.17. The van der Waals surface area contributed by atoms with Crippen molar-refractivity contribution in [2.75, 3.05) is 11.2 Å². The molecule has 0 bridgehead atoms. The molecule has 0 fully saturated rings. The zero-order valence-electron chi connectivity index (χ0n) is 7.12. The molecule has 0 atom stereocenters. The molecule has 6 heteroatoms. The van der Waals surface area contributed by atoms with E-state index in [1.807, 2.05) is 6.07 Å². The molecular weight excluding hydrogens is 204 g/mol. The Kier molecular flexibility index (Phi) is 2.32. The van der Waals surface area contributed by atoms with E-state index in [0.29, 0.717) is 11.5 Å². The lowest BCUT2D eigenvalue weighted by Gasteiger charge is -1.98. The number of fused-ring (bicyclic) bond motifs is 1. The number of amides is 1. The summed E-state index contributed by atoms with van der Waals surface area (Å²) in [5.41, 5.74) is 0.567. The van der Waals surface area contributed by atoms with Crippen LogP contribution in [0.4, 0.5) is 5.82 Å². The van der Waals surface area contributed by atoms with Crippen molar-refractivity contribution in [1.82, 2.24) is 15.2 Å². The Labute approximate surface area is 84.5 Å². The van der Waals surface area contributed by atoms with Gasteiger partial charge in [0.25, 0.3) is 0 Å². The first-order valence-electron chi connectivity index (χ1n) is 3.96. The molecule has 5 nitrogen and oxygen atoms in total. The van der Waals surface area contributed by atoms with Crippen LogP contribution in [0.5, 0.6) is 0 Å². The third kappa shape index (κ3) is 1.54. The molecule has 0 saturated heterocycles. The van der Waals surface area contributed by atoms with E-state index in [2.05, 4.69) is 20.5 Å². The zero-order chi connectivity index (χ0) is 9.97. The first-order valence-corrected chi connectivity index (χ1v) is 4.49. The normalized spacial score (nSPS) is 10.4. The largest absolute Gasteiger partial charge is 0.309 e. The zero-order valence-corrected chi connectivity index (χ0v) is 7.88. The van der Waals surface area contributed by atoms with Crippen LogP contribution in [0.2, 0.25) is 0 Å². The minimum atomic E-state index is -0.277. The van der Waals surface area contributed by atoms with Gasteiger partial charge in [-0.15, -0.1) is 11.6 Å². The molecular formula is C8H7ClN4O. The maximum Gasteiger partial charge on any atom is 0.240 e. The molecule has 72 valence electrons. The van der Waals surface area contributed by atoms with Crippen LogP contribution in [0.3, 0.4) is 0 Å². The topological polar surface area (TPSA) is 70.7 Å². The number of alkyl halides is 1. The number of H-pyrrole nitrogens is 1. The van der Waals surface area contributed by atoms with E-state index >= 15 is 0 Å². The number of rotatable bonds is 2. The predicted molar refractivity (Wildman–Crippen MR) is 53.2 cm³/mol. The molecule has 0 aliphatic carbocycles. The lowest BCUT2D eigenvalue weighted by molar-refractivity contribution is -0.113. The van der Waals surface area contributed by atoms with Gasteiger partial charge in [0.2, 0.25) is 5.91 Å². The molecule has 0 saturated carbocycles. The predicted octanol–water partition coefficient (Wildman–Crippen LogP) is 1.14. The number of nitrogens with zero attached hydrogens (tertiary/aromatic N) is 2. The van der Waals surface area contributed by atoms with Crippen LogP contribution >= 0.6 is 11.6 Å². The molecule has 0 spiro atoms. The number of anilines is 1. The standard InChI is InChI=1S/C8H7ClN4O/c9-4-6(14)11-8-5-2-1-3-10-7(5)12-13-8/h1-3H,4H2,(H2,10,11,12,13,14). The van der Waals surface area contributed by atoms with E-state index in [9.17, 15) is 4.79 Å². The number of hydrogen-bond acceptors (Lipinski definition) is 3. The number of halogens is 1. The highest BCUT2D eigenvalue weighted by atomic mass is 35.5. The third-order valence-electron chi connectivity index (χ3n) is 1.72. The Morgan fingerprint density at radius 2 is 2.50 bits per heavy atom. The molecule has 1 amide bonds. The number of hydrogen-bond donors (Lipinski definition) is 2. The molecule has 2 N–H and O–H groups in total. The first kappa shape index (κ1) is 8.96. The van der Waals surface area contributed by atoms with Gasteiger partial charge in [-0.25, -0.2) is 4.98 Å². The van der Waals surface area contributed by atoms with E-state index in [0.717, 1.165) is 5.39 Å². The fourth-order valence-electron chi connectivity index (χ4n) is 1.12. The maximum absolute atomic E-state index is 11.0. The van der Waals surface area contributed by atoms with Gasteiger partial charge >= 0.3 is 0 Å². The highest BCUT2D eigenvalue weighted by Gasteiger charge is 2.07. The van der Waals surface area contributed by atoms with Gasteiger partial charge in [-0.3, -0.25) is 9.89 Å². The summed E-state index contributed by atoms with van der Waals surface area (Å²) in [6.07, 6.45) is 1.64. The molecule has 0 aliphatic heterocycles. The Bertz CT molecular complexity index is 467. The fraction of sp³-hybridized carbons (Fsp3) is 0.125. The third-order valence-corrected chi connectivity index (χ3v) is 1.96. The number of nitrogens with one attached hydrogen (secondary N) is 2. The van der Waals surface area contributed by atoms with Gasteiger partial charge in [0.15, 0.2) is 5.65 Å². The van der Waals surface area contributed by atoms with Gasteiger partial charge in [0.05, 0.1) is 5.39 Å². The van der Waals surface area contributed by atoms with Gasteiger partial charge in [-0.2, -0.15) is 5.10 Å². The summed E-state index contributed by atoms with van der Waals surface area (Å²) in [5.74, 6) is 0.167. The first-order chi connectivity index (χ1) is 6.81. The van der Waals surface area contributed by atoms with Gasteiger partial charge in [0, 0.05) is 6.20 Å². The van der Waals surface area contributed by atoms with E-state index < -0.39 is 0 Å². The van der Waals surface area contributed by atoms with E-state index in [4.69, 9.17) is 11.6 Å². The number of carbonyl (C=O) groups excluding carboxylic acids is 1. The second-order valence-electron chi connectivity index (χ2n) is 2.65. The van der Waals surface area contributed by atoms with Crippen LogP contribution in [0.1, 0.15) is 0 Å². The van der Waals surface area contributed by atoms with Crippen molar-refractivity contribution < 1.29 is 4.79 Å². The van der Waals surface area contributed by atoms with Crippen LogP contribution in [-0.2, 0) is 4.79 Å². The summed E-state index contributed by atoms with van der Waals surface area (Å²) >= 11 is 5.36. The summed E-state index contributed by atoms with van der Waals surface area (Å²) in [7, 11) is 0. The summed E-state index contributed by atoms with van der Waals surface area (Å²) in [5, 5.41) is 9.94. The van der Waals surface area contributed by atoms with Crippen LogP contribution in [0.25, 0.3) is 11.0 Å². The lowest BCUT2D eigenvalue weighted by Crippen LogP contribution is -2.12. The average molecular weight is 211 g/mol. The van der Waals surface area contributed by atoms with E-state index in [1.54, 1.807) is 12.3 Å². The van der Waals surface area contributed by atoms with E-state index in [-0.39, 0.29) is 11.8 Å². The van der Waals surface area contributed by atoms with Gasteiger partial charge in [0.1, 0.15) is 11.7 Å². The summed E-state index contributed by atoms with van der Waals surface area (Å²) in [6, 6.07) is 3.59. The summed E-state index contributed by atoms with van der Waals surface area (Å²) < 4.78 is 0. The molecule has 0 unspecified atom stereocenters. The Balaban J connectivity index is 2.38. The Morgan fingerprint density at radius 3 is 3.29 bits per heavy atom. The minimum Gasteiger partial charge on any atom is -0.309 e. The molecule has 2 rings (SSSR count). The van der Waals surface area contributed by atoms with Crippen molar-refractivity contribution in [3.8, 4) is 0 Å². The minimum absolute atomic E-state index is 0.0826.